The van der Waals surface area contributed by atoms with Gasteiger partial charge in [-0.2, -0.15) is 13.2 Å². The highest BCUT2D eigenvalue weighted by Gasteiger charge is 2.32. The van der Waals surface area contributed by atoms with Crippen LogP contribution in [-0.2, 0) is 11.3 Å². The molecule has 0 unspecified atom stereocenters. The maximum absolute atomic E-state index is 12.4. The number of anilines is 1. The Labute approximate surface area is 113 Å². The number of aromatic nitrogens is 1. The number of rotatable bonds is 5. The van der Waals surface area contributed by atoms with Gasteiger partial charge in [0, 0.05) is 24.5 Å². The third-order valence-corrected chi connectivity index (χ3v) is 2.53. The first kappa shape index (κ1) is 16.1. The number of carbonyl (C=O) groups excluding carboxylic acids is 1. The van der Waals surface area contributed by atoms with Gasteiger partial charge in [-0.3, -0.25) is 9.59 Å². The van der Waals surface area contributed by atoms with Gasteiger partial charge in [0.15, 0.2) is 0 Å². The van der Waals surface area contributed by atoms with Crippen LogP contribution in [0.4, 0.5) is 18.9 Å². The van der Waals surface area contributed by atoms with Crippen molar-refractivity contribution in [2.24, 2.45) is 0 Å². The first-order chi connectivity index (χ1) is 9.23. The van der Waals surface area contributed by atoms with Crippen LogP contribution in [0, 0.1) is 0 Å². The molecule has 0 spiro atoms. The Morgan fingerprint density at radius 2 is 2.05 bits per heavy atom. The van der Waals surface area contributed by atoms with E-state index < -0.39 is 30.7 Å². The predicted molar refractivity (Wildman–Crippen MR) is 68.0 cm³/mol. The highest BCUT2D eigenvalue weighted by atomic mass is 19.4. The van der Waals surface area contributed by atoms with E-state index in [1.807, 2.05) is 0 Å². The summed E-state index contributed by atoms with van der Waals surface area (Å²) in [5.74, 6) is -0.767. The Hall–Kier alpha value is -1.99. The van der Waals surface area contributed by atoms with Gasteiger partial charge in [-0.15, -0.1) is 0 Å². The average molecular weight is 291 g/mol. The molecule has 0 aliphatic rings. The maximum atomic E-state index is 12.4. The van der Waals surface area contributed by atoms with Crippen molar-refractivity contribution in [3.8, 4) is 0 Å². The van der Waals surface area contributed by atoms with Crippen molar-refractivity contribution >= 4 is 11.6 Å². The molecule has 20 heavy (non-hydrogen) atoms. The summed E-state index contributed by atoms with van der Waals surface area (Å²) >= 11 is 0. The number of pyridine rings is 1. The highest BCUT2D eigenvalue weighted by Crippen LogP contribution is 2.17. The number of halogens is 3. The number of alkyl halides is 3. The van der Waals surface area contributed by atoms with Crippen LogP contribution in [0.15, 0.2) is 23.1 Å². The summed E-state index contributed by atoms with van der Waals surface area (Å²) in [4.78, 5) is 24.0. The summed E-state index contributed by atoms with van der Waals surface area (Å²) in [7, 11) is 0. The van der Waals surface area contributed by atoms with Crippen molar-refractivity contribution < 1.29 is 18.0 Å². The zero-order valence-corrected chi connectivity index (χ0v) is 11.0. The number of nitrogens with zero attached hydrogens (tertiary/aromatic N) is 2. The summed E-state index contributed by atoms with van der Waals surface area (Å²) in [5, 5.41) is 0. The summed E-state index contributed by atoms with van der Waals surface area (Å²) < 4.78 is 38.2. The monoisotopic (exact) mass is 291 g/mol. The van der Waals surface area contributed by atoms with Crippen molar-refractivity contribution in [1.29, 1.82) is 0 Å². The smallest absolute Gasteiger partial charge is 0.398 e. The number of carbonyl (C=O) groups is 1. The fraction of sp³-hybridized carbons (Fsp3) is 0.500. The van der Waals surface area contributed by atoms with Gasteiger partial charge in [0.25, 0.3) is 5.56 Å². The molecule has 0 aromatic carbocycles. The van der Waals surface area contributed by atoms with Crippen LogP contribution < -0.4 is 11.3 Å². The molecule has 1 aromatic rings. The van der Waals surface area contributed by atoms with E-state index in [1.165, 1.54) is 12.3 Å². The molecule has 0 saturated carbocycles. The van der Waals surface area contributed by atoms with E-state index in [1.54, 1.807) is 6.92 Å². The second kappa shape index (κ2) is 6.44. The van der Waals surface area contributed by atoms with Crippen LogP contribution in [0.1, 0.15) is 13.3 Å². The zero-order chi connectivity index (χ0) is 15.3. The van der Waals surface area contributed by atoms with Crippen molar-refractivity contribution in [1.82, 2.24) is 9.47 Å². The molecule has 0 saturated heterocycles. The minimum absolute atomic E-state index is 0.0184. The molecule has 112 valence electrons. The van der Waals surface area contributed by atoms with E-state index in [2.05, 4.69) is 0 Å². The van der Waals surface area contributed by atoms with Crippen molar-refractivity contribution in [3.05, 3.63) is 28.7 Å². The fourth-order valence-corrected chi connectivity index (χ4v) is 1.70. The fourth-order valence-electron chi connectivity index (χ4n) is 1.70. The lowest BCUT2D eigenvalue weighted by Gasteiger charge is -2.23. The molecule has 2 N–H and O–H groups in total. The number of nitrogen functional groups attached to an aromatic ring is 1. The molecule has 1 rings (SSSR count). The molecule has 8 heteroatoms. The highest BCUT2D eigenvalue weighted by molar-refractivity contribution is 5.76. The SMILES string of the molecule is CCCN(CC(F)(F)F)C(=O)Cn1cc(N)ccc1=O. The van der Waals surface area contributed by atoms with Crippen LogP contribution in [-0.4, -0.2) is 34.6 Å². The lowest BCUT2D eigenvalue weighted by Crippen LogP contribution is -2.42. The number of hydrogen-bond acceptors (Lipinski definition) is 3. The van der Waals surface area contributed by atoms with Crippen LogP contribution in [0.5, 0.6) is 0 Å². The molecule has 1 heterocycles. The second-order valence-corrected chi connectivity index (χ2v) is 4.36. The molecule has 1 amide bonds. The van der Waals surface area contributed by atoms with E-state index in [0.717, 1.165) is 10.6 Å². The Kier molecular flexibility index (Phi) is 5.18. The molecule has 0 atom stereocenters. The van der Waals surface area contributed by atoms with Crippen molar-refractivity contribution in [2.75, 3.05) is 18.8 Å². The van der Waals surface area contributed by atoms with Crippen LogP contribution in [0.25, 0.3) is 0 Å². The standard InChI is InChI=1S/C12H16F3N3O2/c1-2-5-17(8-12(13,14)15)11(20)7-18-6-9(16)3-4-10(18)19/h3-4,6H,2,5,7-8,16H2,1H3. The quantitative estimate of drug-likeness (QED) is 0.887. The molecule has 0 radical (unpaired) electrons. The van der Waals surface area contributed by atoms with Gasteiger partial charge >= 0.3 is 6.18 Å². The van der Waals surface area contributed by atoms with Gasteiger partial charge in [0.2, 0.25) is 5.91 Å². The van der Waals surface area contributed by atoms with Crippen LogP contribution >= 0.6 is 0 Å². The van der Waals surface area contributed by atoms with Gasteiger partial charge in [-0.1, -0.05) is 6.92 Å². The minimum atomic E-state index is -4.47. The van der Waals surface area contributed by atoms with Crippen molar-refractivity contribution in [3.63, 3.8) is 0 Å². The Morgan fingerprint density at radius 1 is 1.40 bits per heavy atom. The molecule has 0 bridgehead atoms. The summed E-state index contributed by atoms with van der Waals surface area (Å²) in [5.41, 5.74) is 5.24. The zero-order valence-electron chi connectivity index (χ0n) is 11.0. The molecule has 5 nitrogen and oxygen atoms in total. The molecule has 1 aromatic heterocycles. The maximum Gasteiger partial charge on any atom is 0.406 e. The third-order valence-electron chi connectivity index (χ3n) is 2.53. The predicted octanol–water partition coefficient (Wildman–Crippen LogP) is 1.23. The van der Waals surface area contributed by atoms with E-state index in [9.17, 15) is 22.8 Å². The summed E-state index contributed by atoms with van der Waals surface area (Å²) in [6, 6.07) is 2.53. The van der Waals surface area contributed by atoms with Gasteiger partial charge in [0.1, 0.15) is 13.1 Å². The minimum Gasteiger partial charge on any atom is -0.398 e. The van der Waals surface area contributed by atoms with Crippen molar-refractivity contribution in [2.45, 2.75) is 26.1 Å². The van der Waals surface area contributed by atoms with Crippen LogP contribution in [0.2, 0.25) is 0 Å². The van der Waals surface area contributed by atoms with Crippen LogP contribution in [0.3, 0.4) is 0 Å². The number of hydrogen-bond donors (Lipinski definition) is 1. The molecule has 0 aliphatic carbocycles. The number of nitrogens with two attached hydrogens (primary N) is 1. The average Bonchev–Trinajstić information content (AvgIpc) is 2.31. The summed E-state index contributed by atoms with van der Waals surface area (Å²) in [6.45, 7) is -0.130. The molecular weight excluding hydrogens is 275 g/mol. The Balaban J connectivity index is 2.85. The van der Waals surface area contributed by atoms with E-state index in [-0.39, 0.29) is 12.2 Å². The van der Waals surface area contributed by atoms with Gasteiger partial charge in [-0.05, 0) is 12.5 Å². The second-order valence-electron chi connectivity index (χ2n) is 4.36. The van der Waals surface area contributed by atoms with Gasteiger partial charge in [-0.25, -0.2) is 0 Å². The Morgan fingerprint density at radius 3 is 2.60 bits per heavy atom. The van der Waals surface area contributed by atoms with Gasteiger partial charge in [0.05, 0.1) is 0 Å². The van der Waals surface area contributed by atoms with E-state index in [0.29, 0.717) is 11.3 Å². The normalized spacial score (nSPS) is 11.4. The Bertz CT molecular complexity index is 525. The largest absolute Gasteiger partial charge is 0.406 e. The molecular formula is C12H16F3N3O2. The summed E-state index contributed by atoms with van der Waals surface area (Å²) in [6.07, 6.45) is -2.84. The van der Waals surface area contributed by atoms with Gasteiger partial charge < -0.3 is 15.2 Å². The lowest BCUT2D eigenvalue weighted by molar-refractivity contribution is -0.161. The van der Waals surface area contributed by atoms with E-state index in [4.69, 9.17) is 5.73 Å². The topological polar surface area (TPSA) is 68.3 Å². The number of amides is 1. The first-order valence-electron chi connectivity index (χ1n) is 6.03. The molecule has 0 aliphatic heterocycles. The third kappa shape index (κ3) is 4.94. The van der Waals surface area contributed by atoms with E-state index >= 15 is 0 Å². The molecule has 0 fully saturated rings. The first-order valence-corrected chi connectivity index (χ1v) is 6.03. The lowest BCUT2D eigenvalue weighted by atomic mass is 10.3.